The van der Waals surface area contributed by atoms with Crippen LogP contribution in [0, 0.1) is 13.8 Å². The van der Waals surface area contributed by atoms with Gasteiger partial charge in [-0.2, -0.15) is 5.10 Å². The first-order valence-electron chi connectivity index (χ1n) is 6.62. The molecule has 106 valence electrons. The van der Waals surface area contributed by atoms with Gasteiger partial charge in [-0.15, -0.1) is 0 Å². The Morgan fingerprint density at radius 1 is 1.24 bits per heavy atom. The molecule has 2 aromatic heterocycles. The van der Waals surface area contributed by atoms with Crippen molar-refractivity contribution in [3.05, 3.63) is 59.2 Å². The van der Waals surface area contributed by atoms with E-state index in [0.29, 0.717) is 11.5 Å². The molecule has 0 atom stereocenters. The number of hydrogen-bond acceptors (Lipinski definition) is 3. The zero-order valence-electron chi connectivity index (χ0n) is 11.8. The van der Waals surface area contributed by atoms with E-state index >= 15 is 0 Å². The molecule has 0 fully saturated rings. The Bertz CT molecular complexity index is 827. The van der Waals surface area contributed by atoms with Crippen molar-refractivity contribution in [2.45, 2.75) is 13.8 Å². The molecule has 0 aliphatic rings. The maximum absolute atomic E-state index is 12.1. The van der Waals surface area contributed by atoms with Gasteiger partial charge in [0.15, 0.2) is 0 Å². The minimum atomic E-state index is -0.275. The summed E-state index contributed by atoms with van der Waals surface area (Å²) in [6.45, 7) is 3.76. The van der Waals surface area contributed by atoms with E-state index < -0.39 is 0 Å². The quantitative estimate of drug-likeness (QED) is 0.572. The molecule has 1 aromatic carbocycles. The number of aromatic amines is 1. The van der Waals surface area contributed by atoms with Crippen LogP contribution in [0.1, 0.15) is 27.6 Å². The summed E-state index contributed by atoms with van der Waals surface area (Å²) >= 11 is 0. The maximum Gasteiger partial charge on any atom is 0.288 e. The number of hydrazone groups is 1. The minimum Gasteiger partial charge on any atom is -0.460 e. The molecule has 0 aliphatic heterocycles. The van der Waals surface area contributed by atoms with Gasteiger partial charge >= 0.3 is 0 Å². The molecule has 0 aliphatic carbocycles. The monoisotopic (exact) mass is 281 g/mol. The Kier molecular flexibility index (Phi) is 3.31. The van der Waals surface area contributed by atoms with E-state index in [1.54, 1.807) is 6.07 Å². The lowest BCUT2D eigenvalue weighted by atomic mass is 10.1. The topological polar surface area (TPSA) is 70.4 Å². The van der Waals surface area contributed by atoms with Gasteiger partial charge in [-0.1, -0.05) is 18.2 Å². The Morgan fingerprint density at radius 2 is 2.05 bits per heavy atom. The number of aromatic nitrogens is 1. The molecule has 2 N–H and O–H groups in total. The van der Waals surface area contributed by atoms with Crippen LogP contribution in [0.25, 0.3) is 10.9 Å². The number of furan rings is 1. The molecule has 0 radical (unpaired) electrons. The summed E-state index contributed by atoms with van der Waals surface area (Å²) < 4.78 is 5.33. The van der Waals surface area contributed by atoms with E-state index in [9.17, 15) is 4.79 Å². The molecular weight excluding hydrogens is 266 g/mol. The molecule has 2 heterocycles. The minimum absolute atomic E-state index is 0.275. The fourth-order valence-corrected chi connectivity index (χ4v) is 2.24. The number of benzene rings is 1. The second-order valence-corrected chi connectivity index (χ2v) is 4.82. The normalized spacial score (nSPS) is 11.3. The largest absolute Gasteiger partial charge is 0.460 e. The molecule has 0 bridgehead atoms. The number of carbonyl (C=O) groups is 1. The highest BCUT2D eigenvalue weighted by Gasteiger charge is 2.13. The van der Waals surface area contributed by atoms with E-state index in [0.717, 1.165) is 22.2 Å². The van der Waals surface area contributed by atoms with Gasteiger partial charge < -0.3 is 9.40 Å². The Labute approximate surface area is 121 Å². The van der Waals surface area contributed by atoms with Crippen molar-refractivity contribution in [1.29, 1.82) is 0 Å². The number of rotatable bonds is 3. The Hall–Kier alpha value is -2.82. The Balaban J connectivity index is 1.78. The fourth-order valence-electron chi connectivity index (χ4n) is 2.24. The standard InChI is InChI=1S/C16H15N3O2/c1-10-7-8-12(21-10)9-17-19-16(20)15-11(2)13-5-3-4-6-14(13)18-15/h3-9,18H,1-2H3,(H,19,20)/b17-9+. The highest BCUT2D eigenvalue weighted by Crippen LogP contribution is 2.20. The molecule has 3 rings (SSSR count). The highest BCUT2D eigenvalue weighted by molar-refractivity contribution is 6.01. The predicted molar refractivity (Wildman–Crippen MR) is 81.5 cm³/mol. The summed E-state index contributed by atoms with van der Waals surface area (Å²) in [6, 6.07) is 11.4. The zero-order chi connectivity index (χ0) is 14.8. The SMILES string of the molecule is Cc1ccc(/C=N/NC(=O)c2[nH]c3ccccc3c2C)o1. The van der Waals surface area contributed by atoms with Crippen molar-refractivity contribution in [2.24, 2.45) is 5.10 Å². The van der Waals surface area contributed by atoms with Gasteiger partial charge in [0.2, 0.25) is 0 Å². The third kappa shape index (κ3) is 2.58. The van der Waals surface area contributed by atoms with Gasteiger partial charge in [0, 0.05) is 10.9 Å². The maximum atomic E-state index is 12.1. The van der Waals surface area contributed by atoms with E-state index in [-0.39, 0.29) is 5.91 Å². The highest BCUT2D eigenvalue weighted by atomic mass is 16.3. The first-order chi connectivity index (χ1) is 10.1. The van der Waals surface area contributed by atoms with Crippen LogP contribution < -0.4 is 5.43 Å². The predicted octanol–water partition coefficient (Wildman–Crippen LogP) is 3.14. The van der Waals surface area contributed by atoms with Crippen molar-refractivity contribution in [3.63, 3.8) is 0 Å². The van der Waals surface area contributed by atoms with Gasteiger partial charge in [0.05, 0.1) is 6.21 Å². The van der Waals surface area contributed by atoms with Crippen LogP contribution in [0.15, 0.2) is 45.9 Å². The number of nitrogens with zero attached hydrogens (tertiary/aromatic N) is 1. The summed E-state index contributed by atoms with van der Waals surface area (Å²) in [5, 5.41) is 4.94. The average molecular weight is 281 g/mol. The number of hydrogen-bond donors (Lipinski definition) is 2. The van der Waals surface area contributed by atoms with Gasteiger partial charge in [0.25, 0.3) is 5.91 Å². The van der Waals surface area contributed by atoms with Crippen LogP contribution in [0.5, 0.6) is 0 Å². The second kappa shape index (κ2) is 5.28. The summed E-state index contributed by atoms with van der Waals surface area (Å²) in [5.41, 5.74) is 4.86. The number of nitrogens with one attached hydrogen (secondary N) is 2. The number of amides is 1. The van der Waals surface area contributed by atoms with Crippen LogP contribution in [-0.2, 0) is 0 Å². The zero-order valence-corrected chi connectivity index (χ0v) is 11.8. The van der Waals surface area contributed by atoms with Crippen molar-refractivity contribution in [3.8, 4) is 0 Å². The smallest absolute Gasteiger partial charge is 0.288 e. The molecule has 5 heteroatoms. The number of H-pyrrole nitrogens is 1. The van der Waals surface area contributed by atoms with Gasteiger partial charge in [-0.3, -0.25) is 4.79 Å². The van der Waals surface area contributed by atoms with E-state index in [2.05, 4.69) is 15.5 Å². The van der Waals surface area contributed by atoms with Crippen molar-refractivity contribution >= 4 is 23.0 Å². The number of fused-ring (bicyclic) bond motifs is 1. The molecule has 5 nitrogen and oxygen atoms in total. The van der Waals surface area contributed by atoms with Crippen LogP contribution in [0.3, 0.4) is 0 Å². The number of para-hydroxylation sites is 1. The molecule has 3 aromatic rings. The fraction of sp³-hybridized carbons (Fsp3) is 0.125. The van der Waals surface area contributed by atoms with E-state index in [1.807, 2.05) is 44.2 Å². The molecule has 0 saturated heterocycles. The molecular formula is C16H15N3O2. The number of aryl methyl sites for hydroxylation is 2. The summed E-state index contributed by atoms with van der Waals surface area (Å²) in [4.78, 5) is 15.3. The molecule has 1 amide bonds. The third-order valence-electron chi connectivity index (χ3n) is 3.31. The summed E-state index contributed by atoms with van der Waals surface area (Å²) in [5.74, 6) is 1.12. The lowest BCUT2D eigenvalue weighted by molar-refractivity contribution is 0.0950. The molecule has 21 heavy (non-hydrogen) atoms. The number of carbonyl (C=O) groups excluding carboxylic acids is 1. The first-order valence-corrected chi connectivity index (χ1v) is 6.62. The summed E-state index contributed by atoms with van der Waals surface area (Å²) in [7, 11) is 0. The van der Waals surface area contributed by atoms with Gasteiger partial charge in [0.1, 0.15) is 17.2 Å². The van der Waals surface area contributed by atoms with Gasteiger partial charge in [-0.05, 0) is 37.6 Å². The van der Waals surface area contributed by atoms with Gasteiger partial charge in [-0.25, -0.2) is 5.43 Å². The van der Waals surface area contributed by atoms with Crippen LogP contribution >= 0.6 is 0 Å². The first kappa shape index (κ1) is 13.2. The molecule has 0 saturated carbocycles. The summed E-state index contributed by atoms with van der Waals surface area (Å²) in [6.07, 6.45) is 1.48. The molecule has 0 unspecified atom stereocenters. The van der Waals surface area contributed by atoms with Crippen molar-refractivity contribution in [1.82, 2.24) is 10.4 Å². The third-order valence-corrected chi connectivity index (χ3v) is 3.31. The van der Waals surface area contributed by atoms with Crippen LogP contribution in [-0.4, -0.2) is 17.1 Å². The van der Waals surface area contributed by atoms with Crippen LogP contribution in [0.4, 0.5) is 0 Å². The van der Waals surface area contributed by atoms with Crippen LogP contribution in [0.2, 0.25) is 0 Å². The van der Waals surface area contributed by atoms with E-state index in [1.165, 1.54) is 6.21 Å². The average Bonchev–Trinajstić information content (AvgIpc) is 3.03. The van der Waals surface area contributed by atoms with Crippen molar-refractivity contribution < 1.29 is 9.21 Å². The lowest BCUT2D eigenvalue weighted by Gasteiger charge is -1.98. The second-order valence-electron chi connectivity index (χ2n) is 4.82. The van der Waals surface area contributed by atoms with E-state index in [4.69, 9.17) is 4.42 Å². The van der Waals surface area contributed by atoms with Crippen molar-refractivity contribution in [2.75, 3.05) is 0 Å². The Morgan fingerprint density at radius 3 is 2.76 bits per heavy atom. The lowest BCUT2D eigenvalue weighted by Crippen LogP contribution is -2.18. The molecule has 0 spiro atoms.